The zero-order valence-corrected chi connectivity index (χ0v) is 21.5. The molecule has 37 heavy (non-hydrogen) atoms. The number of amides is 2. The molecule has 190 valence electrons. The number of nitro benzene ring substituents is 1. The molecule has 1 aliphatic heterocycles. The third-order valence-corrected chi connectivity index (χ3v) is 7.47. The van der Waals surface area contributed by atoms with E-state index in [1.807, 2.05) is 0 Å². The van der Waals surface area contributed by atoms with E-state index in [9.17, 15) is 24.5 Å². The molecule has 2 amide bonds. The molecule has 0 unspecified atom stereocenters. The van der Waals surface area contributed by atoms with E-state index >= 15 is 0 Å². The fourth-order valence-corrected chi connectivity index (χ4v) is 5.12. The number of rotatable bonds is 7. The minimum atomic E-state index is -0.751. The molecule has 2 heterocycles. The monoisotopic (exact) mass is 559 g/mol. The first kappa shape index (κ1) is 26.5. The summed E-state index contributed by atoms with van der Waals surface area (Å²) in [5, 5.41) is 12.6. The van der Waals surface area contributed by atoms with E-state index < -0.39 is 22.5 Å². The van der Waals surface area contributed by atoms with Gasteiger partial charge in [-0.15, -0.1) is 0 Å². The second-order valence-electron chi connectivity index (χ2n) is 7.99. The summed E-state index contributed by atoms with van der Waals surface area (Å²) >= 11 is 13.2. The predicted molar refractivity (Wildman–Crippen MR) is 139 cm³/mol. The summed E-state index contributed by atoms with van der Waals surface area (Å²) in [6.07, 6.45) is 1.31. The maximum Gasteiger partial charge on any atom is 0.298 e. The normalized spacial score (nSPS) is 13.4. The molecule has 1 fully saturated rings. The highest BCUT2D eigenvalue weighted by Crippen LogP contribution is 2.40. The number of carbonyl (C=O) groups excluding carboxylic acids is 3. The van der Waals surface area contributed by atoms with Crippen LogP contribution in [-0.2, 0) is 9.59 Å². The first-order valence-electron chi connectivity index (χ1n) is 10.9. The Labute approximate surface area is 225 Å². The summed E-state index contributed by atoms with van der Waals surface area (Å²) in [4.78, 5) is 52.8. The lowest BCUT2D eigenvalue weighted by atomic mass is 10.0. The summed E-state index contributed by atoms with van der Waals surface area (Å²) in [6, 6.07) is 12.2. The number of Topliss-reactive ketones (excluding diaryl/α,β-unsaturated/α-hetero) is 1. The van der Waals surface area contributed by atoms with Crippen LogP contribution in [0.5, 0.6) is 0 Å². The summed E-state index contributed by atoms with van der Waals surface area (Å²) in [5.41, 5.74) is 0.180. The molecule has 1 aliphatic rings. The molecule has 0 saturated carbocycles. The average Bonchev–Trinajstić information content (AvgIpc) is 3.44. The SMILES string of the molecule is C=C(C(=O)N1CCN(C(=O)C(=O)c2ccco2)CC1)c1ccc(Sc2ccc(Cl)cc2Cl)c([N+](=O)[O-])c1. The van der Waals surface area contributed by atoms with Crippen LogP contribution in [0.15, 0.2) is 75.6 Å². The Hall–Kier alpha value is -3.60. The van der Waals surface area contributed by atoms with E-state index in [2.05, 4.69) is 6.58 Å². The van der Waals surface area contributed by atoms with Crippen LogP contribution in [-0.4, -0.2) is 58.5 Å². The zero-order chi connectivity index (χ0) is 26.7. The van der Waals surface area contributed by atoms with Crippen molar-refractivity contribution in [3.8, 4) is 0 Å². The van der Waals surface area contributed by atoms with E-state index in [1.54, 1.807) is 30.3 Å². The van der Waals surface area contributed by atoms with Gasteiger partial charge in [0.05, 0.1) is 21.1 Å². The van der Waals surface area contributed by atoms with Gasteiger partial charge in [-0.25, -0.2) is 0 Å². The zero-order valence-electron chi connectivity index (χ0n) is 19.2. The minimum Gasteiger partial charge on any atom is -0.461 e. The molecule has 3 aromatic rings. The van der Waals surface area contributed by atoms with Gasteiger partial charge in [-0.1, -0.05) is 47.6 Å². The second kappa shape index (κ2) is 11.2. The molecule has 1 aromatic heterocycles. The van der Waals surface area contributed by atoms with Gasteiger partial charge in [0.2, 0.25) is 0 Å². The Morgan fingerprint density at radius 2 is 1.59 bits per heavy atom. The third kappa shape index (κ3) is 5.87. The largest absolute Gasteiger partial charge is 0.461 e. The summed E-state index contributed by atoms with van der Waals surface area (Å²) in [5.74, 6) is -1.91. The van der Waals surface area contributed by atoms with Gasteiger partial charge >= 0.3 is 0 Å². The third-order valence-electron chi connectivity index (χ3n) is 5.67. The molecule has 0 atom stereocenters. The molecule has 0 radical (unpaired) electrons. The molecule has 4 rings (SSSR count). The lowest BCUT2D eigenvalue weighted by Crippen LogP contribution is -2.52. The Kier molecular flexibility index (Phi) is 8.01. The number of benzene rings is 2. The number of halogens is 2. The van der Waals surface area contributed by atoms with Crippen LogP contribution in [0.1, 0.15) is 16.1 Å². The van der Waals surface area contributed by atoms with E-state index in [4.69, 9.17) is 27.6 Å². The number of nitrogens with zero attached hydrogens (tertiary/aromatic N) is 3. The van der Waals surface area contributed by atoms with Crippen LogP contribution < -0.4 is 0 Å². The maximum absolute atomic E-state index is 13.1. The summed E-state index contributed by atoms with van der Waals surface area (Å²) in [6.45, 7) is 4.52. The molecule has 0 bridgehead atoms. The van der Waals surface area contributed by atoms with Crippen molar-refractivity contribution in [3.63, 3.8) is 0 Å². The van der Waals surface area contributed by atoms with E-state index in [0.29, 0.717) is 25.4 Å². The molecule has 2 aromatic carbocycles. The van der Waals surface area contributed by atoms with Crippen molar-refractivity contribution in [2.75, 3.05) is 26.2 Å². The molecular weight excluding hydrogens is 541 g/mol. The van der Waals surface area contributed by atoms with Crippen LogP contribution in [0.4, 0.5) is 5.69 Å². The molecule has 9 nitrogen and oxygen atoms in total. The summed E-state index contributed by atoms with van der Waals surface area (Å²) in [7, 11) is 0. The van der Waals surface area contributed by atoms with E-state index in [0.717, 1.165) is 11.8 Å². The van der Waals surface area contributed by atoms with Gasteiger partial charge < -0.3 is 14.2 Å². The molecule has 1 saturated heterocycles. The van der Waals surface area contributed by atoms with Crippen LogP contribution in [0, 0.1) is 10.1 Å². The van der Waals surface area contributed by atoms with Crippen molar-refractivity contribution in [1.29, 1.82) is 0 Å². The number of ketones is 1. The Bertz CT molecular complexity index is 1400. The van der Waals surface area contributed by atoms with Crippen LogP contribution >= 0.6 is 35.0 Å². The lowest BCUT2D eigenvalue weighted by Gasteiger charge is -2.34. The van der Waals surface area contributed by atoms with Crippen LogP contribution in [0.3, 0.4) is 0 Å². The molecule has 0 spiro atoms. The number of hydrogen-bond donors (Lipinski definition) is 0. The Balaban J connectivity index is 1.43. The second-order valence-corrected chi connectivity index (χ2v) is 9.91. The smallest absolute Gasteiger partial charge is 0.298 e. The van der Waals surface area contributed by atoms with Crippen LogP contribution in [0.2, 0.25) is 10.0 Å². The average molecular weight is 560 g/mol. The fraction of sp³-hybridized carbons (Fsp3) is 0.160. The highest BCUT2D eigenvalue weighted by Gasteiger charge is 2.31. The number of nitro groups is 1. The number of piperazine rings is 1. The van der Waals surface area contributed by atoms with Crippen molar-refractivity contribution in [3.05, 3.63) is 92.9 Å². The van der Waals surface area contributed by atoms with Gasteiger partial charge in [0.15, 0.2) is 5.76 Å². The molecule has 12 heteroatoms. The maximum atomic E-state index is 13.1. The van der Waals surface area contributed by atoms with E-state index in [1.165, 1.54) is 34.3 Å². The van der Waals surface area contributed by atoms with E-state index in [-0.39, 0.29) is 43.2 Å². The first-order valence-corrected chi connectivity index (χ1v) is 12.5. The van der Waals surface area contributed by atoms with Gasteiger partial charge in [-0.3, -0.25) is 24.5 Å². The van der Waals surface area contributed by atoms with Gasteiger partial charge in [-0.2, -0.15) is 0 Å². The molecule has 0 N–H and O–H groups in total. The lowest BCUT2D eigenvalue weighted by molar-refractivity contribution is -0.387. The first-order chi connectivity index (χ1) is 17.7. The minimum absolute atomic E-state index is 0.0431. The van der Waals surface area contributed by atoms with Crippen molar-refractivity contribution in [1.82, 2.24) is 9.80 Å². The highest BCUT2D eigenvalue weighted by atomic mass is 35.5. The highest BCUT2D eigenvalue weighted by molar-refractivity contribution is 7.99. The van der Waals surface area contributed by atoms with Gasteiger partial charge in [-0.05, 0) is 42.0 Å². The van der Waals surface area contributed by atoms with Gasteiger partial charge in [0, 0.05) is 47.7 Å². The quantitative estimate of drug-likeness (QED) is 0.128. The van der Waals surface area contributed by atoms with Crippen molar-refractivity contribution in [2.24, 2.45) is 0 Å². The number of carbonyl (C=O) groups is 3. The molecule has 0 aliphatic carbocycles. The van der Waals surface area contributed by atoms with Crippen LogP contribution in [0.25, 0.3) is 5.57 Å². The topological polar surface area (TPSA) is 114 Å². The van der Waals surface area contributed by atoms with Gasteiger partial charge in [0.1, 0.15) is 0 Å². The van der Waals surface area contributed by atoms with Crippen molar-refractivity contribution < 1.29 is 23.7 Å². The van der Waals surface area contributed by atoms with Crippen molar-refractivity contribution >= 4 is 63.8 Å². The standard InChI is InChI=1S/C25H19Cl2N3O6S/c1-15(24(32)28-8-10-29(11-9-28)25(33)23(31)20-3-2-12-36-20)16-4-6-22(19(13-16)30(34)35)37-21-7-5-17(26)14-18(21)27/h2-7,12-14H,1,8-11H2. The fourth-order valence-electron chi connectivity index (χ4n) is 3.69. The Morgan fingerprint density at radius 3 is 2.19 bits per heavy atom. The number of hydrogen-bond acceptors (Lipinski definition) is 7. The van der Waals surface area contributed by atoms with Crippen molar-refractivity contribution in [2.45, 2.75) is 9.79 Å². The predicted octanol–water partition coefficient (Wildman–Crippen LogP) is 5.21. The summed E-state index contributed by atoms with van der Waals surface area (Å²) < 4.78 is 4.99. The van der Waals surface area contributed by atoms with Gasteiger partial charge in [0.25, 0.3) is 23.3 Å². The molecular formula is C25H19Cl2N3O6S. The Morgan fingerprint density at radius 1 is 0.946 bits per heavy atom. The number of furan rings is 1.